The maximum Gasteiger partial charge on any atom is 0.140 e. The highest BCUT2D eigenvalue weighted by Gasteiger charge is 1.99. The van der Waals surface area contributed by atoms with Gasteiger partial charge in [0.25, 0.3) is 0 Å². The zero-order valence-electron chi connectivity index (χ0n) is 7.82. The summed E-state index contributed by atoms with van der Waals surface area (Å²) in [4.78, 5) is 12.0. The van der Waals surface area contributed by atoms with Crippen molar-refractivity contribution in [3.8, 4) is 0 Å². The van der Waals surface area contributed by atoms with Gasteiger partial charge in [0.1, 0.15) is 5.78 Å². The van der Waals surface area contributed by atoms with Crippen LogP contribution in [0.3, 0.4) is 0 Å². The summed E-state index contributed by atoms with van der Waals surface area (Å²) in [5, 5.41) is 3.35. The highest BCUT2D eigenvalue weighted by Crippen LogP contribution is 2.26. The Morgan fingerprint density at radius 2 is 2.29 bits per heavy atom. The highest BCUT2D eigenvalue weighted by atomic mass is 32.2. The lowest BCUT2D eigenvalue weighted by Gasteiger charge is -1.98. The fraction of sp³-hybridized carbons (Fsp3) is 0.182. The van der Waals surface area contributed by atoms with Crippen molar-refractivity contribution in [2.24, 2.45) is 0 Å². The van der Waals surface area contributed by atoms with Gasteiger partial charge in [0.15, 0.2) is 0 Å². The van der Waals surface area contributed by atoms with Crippen molar-refractivity contribution < 1.29 is 4.79 Å². The molecule has 1 heterocycles. The third kappa shape index (κ3) is 2.16. The molecule has 0 radical (unpaired) electrons. The monoisotopic (exact) mass is 222 g/mol. The number of ketones is 1. The average molecular weight is 222 g/mol. The van der Waals surface area contributed by atoms with E-state index >= 15 is 0 Å². The number of Topliss-reactive ketones (excluding diaryl/α,β-unsaturated/α-hetero) is 1. The Bertz CT molecular complexity index is 459. The first kappa shape index (κ1) is 9.74. The van der Waals surface area contributed by atoms with Crippen molar-refractivity contribution in [1.29, 1.82) is 0 Å². The number of thiophene rings is 1. The Morgan fingerprint density at radius 1 is 1.43 bits per heavy atom. The Morgan fingerprint density at radius 3 is 3.07 bits per heavy atom. The van der Waals surface area contributed by atoms with Crippen LogP contribution in [-0.4, -0.2) is 11.5 Å². The number of carbonyl (C=O) groups excluding carboxylic acids is 1. The predicted octanol–water partition coefficient (Wildman–Crippen LogP) is 3.58. The van der Waals surface area contributed by atoms with Gasteiger partial charge in [-0.1, -0.05) is 0 Å². The number of hydrogen-bond acceptors (Lipinski definition) is 3. The molecule has 0 aliphatic carbocycles. The number of hydrogen-bond donors (Lipinski definition) is 0. The van der Waals surface area contributed by atoms with E-state index in [0.717, 1.165) is 0 Å². The van der Waals surface area contributed by atoms with Crippen LogP contribution in [0.5, 0.6) is 0 Å². The molecule has 0 aliphatic heterocycles. The van der Waals surface area contributed by atoms with Crippen molar-refractivity contribution in [2.75, 3.05) is 5.75 Å². The molecule has 0 spiro atoms. The summed E-state index contributed by atoms with van der Waals surface area (Å²) in [5.74, 6) is 0.788. The van der Waals surface area contributed by atoms with Gasteiger partial charge in [-0.2, -0.15) is 0 Å². The van der Waals surface area contributed by atoms with Gasteiger partial charge >= 0.3 is 0 Å². The molecule has 0 unspecified atom stereocenters. The van der Waals surface area contributed by atoms with E-state index in [-0.39, 0.29) is 5.78 Å². The Kier molecular flexibility index (Phi) is 2.89. The molecule has 0 bridgehead atoms. The first-order chi connectivity index (χ1) is 6.75. The summed E-state index contributed by atoms with van der Waals surface area (Å²) in [6, 6.07) is 8.44. The zero-order valence-corrected chi connectivity index (χ0v) is 9.45. The first-order valence-electron chi connectivity index (χ1n) is 4.35. The molecule has 1 aromatic carbocycles. The van der Waals surface area contributed by atoms with Crippen molar-refractivity contribution in [2.45, 2.75) is 11.8 Å². The van der Waals surface area contributed by atoms with Crippen LogP contribution in [0.4, 0.5) is 0 Å². The Labute approximate surface area is 91.1 Å². The second-order valence-corrected chi connectivity index (χ2v) is 5.11. The fourth-order valence-electron chi connectivity index (χ4n) is 1.22. The average Bonchev–Trinajstić information content (AvgIpc) is 2.61. The molecule has 14 heavy (non-hydrogen) atoms. The molecule has 0 saturated carbocycles. The summed E-state index contributed by atoms with van der Waals surface area (Å²) in [7, 11) is 0. The quantitative estimate of drug-likeness (QED) is 0.738. The van der Waals surface area contributed by atoms with Gasteiger partial charge in [-0.3, -0.25) is 4.79 Å². The molecule has 0 amide bonds. The van der Waals surface area contributed by atoms with Gasteiger partial charge in [0.05, 0.1) is 5.75 Å². The van der Waals surface area contributed by atoms with Crippen LogP contribution >= 0.6 is 23.1 Å². The molecular weight excluding hydrogens is 212 g/mol. The van der Waals surface area contributed by atoms with E-state index in [0.29, 0.717) is 5.75 Å². The van der Waals surface area contributed by atoms with E-state index in [4.69, 9.17) is 0 Å². The van der Waals surface area contributed by atoms with Crippen molar-refractivity contribution >= 4 is 39.0 Å². The van der Waals surface area contributed by atoms with Gasteiger partial charge in [-0.25, -0.2) is 0 Å². The van der Waals surface area contributed by atoms with Gasteiger partial charge in [-0.05, 0) is 42.0 Å². The molecular formula is C11H10OS2. The van der Waals surface area contributed by atoms with Crippen LogP contribution in [0.25, 0.3) is 10.1 Å². The molecule has 3 heteroatoms. The number of rotatable bonds is 3. The van der Waals surface area contributed by atoms with Gasteiger partial charge in [0, 0.05) is 9.60 Å². The van der Waals surface area contributed by atoms with E-state index in [2.05, 4.69) is 29.6 Å². The van der Waals surface area contributed by atoms with Gasteiger partial charge < -0.3 is 0 Å². The molecule has 0 aliphatic rings. The van der Waals surface area contributed by atoms with Crippen LogP contribution in [0, 0.1) is 0 Å². The third-order valence-corrected chi connectivity index (χ3v) is 3.90. The van der Waals surface area contributed by atoms with Gasteiger partial charge in [-0.15, -0.1) is 23.1 Å². The minimum absolute atomic E-state index is 0.223. The molecule has 2 aromatic rings. The number of carbonyl (C=O) groups is 1. The van der Waals surface area contributed by atoms with Crippen LogP contribution in [0.1, 0.15) is 6.92 Å². The Balaban J connectivity index is 2.21. The van der Waals surface area contributed by atoms with Crippen LogP contribution < -0.4 is 0 Å². The lowest BCUT2D eigenvalue weighted by atomic mass is 10.3. The minimum Gasteiger partial charge on any atom is -0.299 e. The van der Waals surface area contributed by atoms with E-state index in [1.165, 1.54) is 15.0 Å². The van der Waals surface area contributed by atoms with Crippen molar-refractivity contribution in [1.82, 2.24) is 0 Å². The number of thioether (sulfide) groups is 1. The second kappa shape index (κ2) is 4.15. The SMILES string of the molecule is CC(=O)CSc1ccc2sccc2c1. The molecule has 0 fully saturated rings. The summed E-state index contributed by atoms with van der Waals surface area (Å²) < 4.78 is 1.30. The number of fused-ring (bicyclic) bond motifs is 1. The normalized spacial score (nSPS) is 10.6. The summed E-state index contributed by atoms with van der Waals surface area (Å²) >= 11 is 3.35. The van der Waals surface area contributed by atoms with Crippen LogP contribution in [0.15, 0.2) is 34.5 Å². The van der Waals surface area contributed by atoms with E-state index < -0.39 is 0 Å². The molecule has 1 nitrogen and oxygen atoms in total. The first-order valence-corrected chi connectivity index (χ1v) is 6.22. The van der Waals surface area contributed by atoms with Gasteiger partial charge in [0.2, 0.25) is 0 Å². The minimum atomic E-state index is 0.223. The highest BCUT2D eigenvalue weighted by molar-refractivity contribution is 8.00. The predicted molar refractivity (Wildman–Crippen MR) is 63.2 cm³/mol. The third-order valence-electron chi connectivity index (χ3n) is 1.87. The van der Waals surface area contributed by atoms with E-state index in [1.807, 2.05) is 0 Å². The molecule has 0 N–H and O–H groups in total. The zero-order chi connectivity index (χ0) is 9.97. The smallest absolute Gasteiger partial charge is 0.140 e. The molecule has 1 aromatic heterocycles. The maximum atomic E-state index is 10.8. The molecule has 0 atom stereocenters. The topological polar surface area (TPSA) is 17.1 Å². The maximum absolute atomic E-state index is 10.8. The standard InChI is InChI=1S/C11H10OS2/c1-8(12)7-14-10-2-3-11-9(6-10)4-5-13-11/h2-6H,7H2,1H3. The van der Waals surface area contributed by atoms with Crippen LogP contribution in [-0.2, 0) is 4.79 Å². The molecule has 2 rings (SSSR count). The van der Waals surface area contributed by atoms with Crippen molar-refractivity contribution in [3.63, 3.8) is 0 Å². The van der Waals surface area contributed by atoms with E-state index in [1.54, 1.807) is 30.0 Å². The van der Waals surface area contributed by atoms with Crippen LogP contribution in [0.2, 0.25) is 0 Å². The largest absolute Gasteiger partial charge is 0.299 e. The Hall–Kier alpha value is -0.800. The molecule has 0 saturated heterocycles. The van der Waals surface area contributed by atoms with E-state index in [9.17, 15) is 4.79 Å². The summed E-state index contributed by atoms with van der Waals surface area (Å²) in [6.45, 7) is 1.62. The summed E-state index contributed by atoms with van der Waals surface area (Å²) in [5.41, 5.74) is 0. The van der Waals surface area contributed by atoms with Crippen molar-refractivity contribution in [3.05, 3.63) is 29.6 Å². The lowest BCUT2D eigenvalue weighted by Crippen LogP contribution is -1.92. The second-order valence-electron chi connectivity index (χ2n) is 3.11. The molecule has 72 valence electrons. The fourth-order valence-corrected chi connectivity index (χ4v) is 2.73. The lowest BCUT2D eigenvalue weighted by molar-refractivity contribution is -0.114. The number of benzene rings is 1. The summed E-state index contributed by atoms with van der Waals surface area (Å²) in [6.07, 6.45) is 0.